The minimum atomic E-state index is -3.69. The number of aryl methyl sites for hydroxylation is 1. The Balaban J connectivity index is 1.61. The second-order valence-electron chi connectivity index (χ2n) is 6.63. The summed E-state index contributed by atoms with van der Waals surface area (Å²) < 4.78 is 45.3. The van der Waals surface area contributed by atoms with E-state index in [1.165, 1.54) is 29.6 Å². The second kappa shape index (κ2) is 8.96. The van der Waals surface area contributed by atoms with E-state index in [2.05, 4.69) is 5.32 Å². The van der Waals surface area contributed by atoms with E-state index in [-0.39, 0.29) is 11.5 Å². The van der Waals surface area contributed by atoms with Crippen molar-refractivity contribution in [1.82, 2.24) is 0 Å². The molecule has 156 valence electrons. The topological polar surface area (TPSA) is 75.7 Å². The lowest BCUT2D eigenvalue weighted by Crippen LogP contribution is -2.26. The third-order valence-electron chi connectivity index (χ3n) is 4.36. The first-order valence-electron chi connectivity index (χ1n) is 9.09. The molecule has 3 aromatic carbocycles. The Morgan fingerprint density at radius 1 is 1.03 bits per heavy atom. The van der Waals surface area contributed by atoms with Crippen molar-refractivity contribution in [1.29, 1.82) is 0 Å². The number of amides is 1. The van der Waals surface area contributed by atoms with E-state index in [0.29, 0.717) is 17.1 Å². The van der Waals surface area contributed by atoms with Crippen molar-refractivity contribution in [2.24, 2.45) is 0 Å². The lowest BCUT2D eigenvalue weighted by molar-refractivity contribution is -0.118. The zero-order valence-corrected chi connectivity index (χ0v) is 17.3. The second-order valence-corrected chi connectivity index (χ2v) is 8.60. The summed E-state index contributed by atoms with van der Waals surface area (Å²) in [5.74, 6) is -0.493. The van der Waals surface area contributed by atoms with E-state index >= 15 is 0 Å². The van der Waals surface area contributed by atoms with Gasteiger partial charge in [-0.1, -0.05) is 23.8 Å². The van der Waals surface area contributed by atoms with Crippen molar-refractivity contribution >= 4 is 27.3 Å². The molecule has 0 aliphatic carbocycles. The van der Waals surface area contributed by atoms with E-state index in [0.717, 1.165) is 5.56 Å². The monoisotopic (exact) mass is 428 g/mol. The average Bonchev–Trinajstić information content (AvgIpc) is 2.72. The van der Waals surface area contributed by atoms with Gasteiger partial charge >= 0.3 is 0 Å². The summed E-state index contributed by atoms with van der Waals surface area (Å²) in [5, 5.41) is 2.53. The molecule has 0 spiro atoms. The molecular formula is C22H21FN2O4S. The number of anilines is 2. The minimum absolute atomic E-state index is 0.199. The number of sulfonamides is 1. The Labute approximate surface area is 175 Å². The molecule has 0 saturated carbocycles. The van der Waals surface area contributed by atoms with Crippen molar-refractivity contribution in [3.05, 3.63) is 84.2 Å². The Kier molecular flexibility index (Phi) is 6.37. The summed E-state index contributed by atoms with van der Waals surface area (Å²) in [4.78, 5) is 12.1. The number of carbonyl (C=O) groups excluding carboxylic acids is 1. The maximum Gasteiger partial charge on any atom is 0.264 e. The van der Waals surface area contributed by atoms with Crippen LogP contribution in [0.1, 0.15) is 5.56 Å². The van der Waals surface area contributed by atoms with Crippen molar-refractivity contribution in [2.75, 3.05) is 23.3 Å². The predicted octanol–water partition coefficient (Wildman–Crippen LogP) is 3.98. The SMILES string of the molecule is Cc1ccc(S(=O)(=O)N(C)c2ccc(OCC(=O)Nc3cccc(F)c3)cc2)cc1. The molecule has 0 aliphatic rings. The molecule has 0 saturated heterocycles. The number of nitrogens with zero attached hydrogens (tertiary/aromatic N) is 1. The largest absolute Gasteiger partial charge is 0.484 e. The van der Waals surface area contributed by atoms with Crippen LogP contribution < -0.4 is 14.4 Å². The maximum atomic E-state index is 13.2. The lowest BCUT2D eigenvalue weighted by Gasteiger charge is -2.20. The third kappa shape index (κ3) is 5.15. The molecule has 6 nitrogen and oxygen atoms in total. The molecule has 1 N–H and O–H groups in total. The van der Waals surface area contributed by atoms with Crippen LogP contribution in [-0.2, 0) is 14.8 Å². The summed E-state index contributed by atoms with van der Waals surface area (Å²) in [6.45, 7) is 1.62. The first-order chi connectivity index (χ1) is 14.3. The van der Waals surface area contributed by atoms with Gasteiger partial charge in [-0.3, -0.25) is 9.10 Å². The predicted molar refractivity (Wildman–Crippen MR) is 114 cm³/mol. The highest BCUT2D eigenvalue weighted by Gasteiger charge is 2.21. The van der Waals surface area contributed by atoms with Gasteiger partial charge in [0.05, 0.1) is 10.6 Å². The van der Waals surface area contributed by atoms with Crippen molar-refractivity contribution in [3.8, 4) is 5.75 Å². The van der Waals surface area contributed by atoms with Crippen LogP contribution in [0.2, 0.25) is 0 Å². The van der Waals surface area contributed by atoms with Crippen LogP contribution in [0.5, 0.6) is 5.75 Å². The van der Waals surface area contributed by atoms with E-state index in [4.69, 9.17) is 4.74 Å². The molecule has 3 rings (SSSR count). The van der Waals surface area contributed by atoms with E-state index in [9.17, 15) is 17.6 Å². The molecular weight excluding hydrogens is 407 g/mol. The number of nitrogens with one attached hydrogen (secondary N) is 1. The summed E-state index contributed by atoms with van der Waals surface area (Å²) >= 11 is 0. The Bertz CT molecular complexity index is 1130. The Hall–Kier alpha value is -3.39. The van der Waals surface area contributed by atoms with Gasteiger partial charge in [0.2, 0.25) is 0 Å². The fourth-order valence-corrected chi connectivity index (χ4v) is 3.87. The number of carbonyl (C=O) groups is 1. The molecule has 8 heteroatoms. The van der Waals surface area contributed by atoms with E-state index in [1.807, 2.05) is 6.92 Å². The molecule has 0 aliphatic heterocycles. The van der Waals surface area contributed by atoms with Crippen molar-refractivity contribution in [2.45, 2.75) is 11.8 Å². The van der Waals surface area contributed by atoms with Gasteiger partial charge in [0.1, 0.15) is 11.6 Å². The van der Waals surface area contributed by atoms with Gasteiger partial charge in [-0.05, 0) is 61.5 Å². The number of hydrogen-bond acceptors (Lipinski definition) is 4. The van der Waals surface area contributed by atoms with Gasteiger partial charge in [-0.15, -0.1) is 0 Å². The van der Waals surface area contributed by atoms with Crippen LogP contribution in [0, 0.1) is 12.7 Å². The molecule has 0 atom stereocenters. The smallest absolute Gasteiger partial charge is 0.264 e. The number of ether oxygens (including phenoxy) is 1. The normalized spacial score (nSPS) is 11.0. The van der Waals surface area contributed by atoms with Gasteiger partial charge in [-0.2, -0.15) is 0 Å². The molecule has 0 heterocycles. The van der Waals surface area contributed by atoms with Crippen LogP contribution in [0.15, 0.2) is 77.7 Å². The zero-order chi connectivity index (χ0) is 21.7. The summed E-state index contributed by atoms with van der Waals surface area (Å²) in [7, 11) is -2.22. The fraction of sp³-hybridized carbons (Fsp3) is 0.136. The Morgan fingerprint density at radius 2 is 1.70 bits per heavy atom. The van der Waals surface area contributed by atoms with Crippen LogP contribution in [0.4, 0.5) is 15.8 Å². The van der Waals surface area contributed by atoms with Gasteiger partial charge in [0.25, 0.3) is 15.9 Å². The standard InChI is InChI=1S/C22H21FN2O4S/c1-16-6-12-21(13-7-16)30(27,28)25(2)19-8-10-20(11-9-19)29-15-22(26)24-18-5-3-4-17(23)14-18/h3-14H,15H2,1-2H3,(H,24,26). The quantitative estimate of drug-likeness (QED) is 0.618. The van der Waals surface area contributed by atoms with Crippen LogP contribution in [0.3, 0.4) is 0 Å². The maximum absolute atomic E-state index is 13.2. The molecule has 0 unspecified atom stereocenters. The van der Waals surface area contributed by atoms with Crippen LogP contribution in [-0.4, -0.2) is 28.0 Å². The highest BCUT2D eigenvalue weighted by atomic mass is 32.2. The summed E-state index contributed by atoms with van der Waals surface area (Å²) in [6, 6.07) is 18.5. The molecule has 3 aromatic rings. The molecule has 0 fully saturated rings. The van der Waals surface area contributed by atoms with Crippen molar-refractivity contribution < 1.29 is 22.3 Å². The highest BCUT2D eigenvalue weighted by molar-refractivity contribution is 7.92. The number of hydrogen-bond donors (Lipinski definition) is 1. The number of halogens is 1. The zero-order valence-electron chi connectivity index (χ0n) is 16.5. The van der Waals surface area contributed by atoms with E-state index < -0.39 is 21.7 Å². The van der Waals surface area contributed by atoms with Crippen LogP contribution >= 0.6 is 0 Å². The first-order valence-corrected chi connectivity index (χ1v) is 10.5. The molecule has 1 amide bonds. The third-order valence-corrected chi connectivity index (χ3v) is 6.16. The van der Waals surface area contributed by atoms with Gasteiger partial charge in [0.15, 0.2) is 6.61 Å². The van der Waals surface area contributed by atoms with Gasteiger partial charge in [-0.25, -0.2) is 12.8 Å². The Morgan fingerprint density at radius 3 is 2.33 bits per heavy atom. The minimum Gasteiger partial charge on any atom is -0.484 e. The molecule has 30 heavy (non-hydrogen) atoms. The van der Waals surface area contributed by atoms with Gasteiger partial charge in [0, 0.05) is 12.7 Å². The number of benzene rings is 3. The van der Waals surface area contributed by atoms with Crippen LogP contribution in [0.25, 0.3) is 0 Å². The first kappa shape index (κ1) is 21.3. The average molecular weight is 428 g/mol. The molecule has 0 radical (unpaired) electrons. The summed E-state index contributed by atoms with van der Waals surface area (Å²) in [5.41, 5.74) is 1.76. The molecule has 0 aromatic heterocycles. The van der Waals surface area contributed by atoms with Gasteiger partial charge < -0.3 is 10.1 Å². The molecule has 0 bridgehead atoms. The van der Waals surface area contributed by atoms with Crippen molar-refractivity contribution in [3.63, 3.8) is 0 Å². The lowest BCUT2D eigenvalue weighted by atomic mass is 10.2. The summed E-state index contributed by atoms with van der Waals surface area (Å²) in [6.07, 6.45) is 0. The highest BCUT2D eigenvalue weighted by Crippen LogP contribution is 2.24. The van der Waals surface area contributed by atoms with E-state index in [1.54, 1.807) is 54.6 Å². The fourth-order valence-electron chi connectivity index (χ4n) is 2.67. The number of rotatable bonds is 7.